The van der Waals surface area contributed by atoms with E-state index in [-0.39, 0.29) is 19.3 Å². The van der Waals surface area contributed by atoms with Gasteiger partial charge in [-0.3, -0.25) is 9.78 Å². The van der Waals surface area contributed by atoms with Crippen molar-refractivity contribution in [3.05, 3.63) is 65.2 Å². The molecule has 1 aliphatic rings. The Morgan fingerprint density at radius 1 is 1.18 bits per heavy atom. The number of aliphatic carboxylic acids is 1. The summed E-state index contributed by atoms with van der Waals surface area (Å²) in [5.41, 5.74) is -0.0689. The first kappa shape index (κ1) is 23.9. The van der Waals surface area contributed by atoms with Gasteiger partial charge in [-0.1, -0.05) is 6.07 Å². The predicted octanol–water partition coefficient (Wildman–Crippen LogP) is 5.93. The molecule has 3 atom stereocenters. The number of hydrogen-bond donors (Lipinski definition) is 2. The van der Waals surface area contributed by atoms with Crippen LogP contribution in [0.1, 0.15) is 30.5 Å². The lowest BCUT2D eigenvalue weighted by Gasteiger charge is -2.34. The monoisotopic (exact) mass is 495 g/mol. The van der Waals surface area contributed by atoms with Gasteiger partial charge in [-0.05, 0) is 55.9 Å². The molecule has 0 amide bonds. The summed E-state index contributed by atoms with van der Waals surface area (Å²) in [4.78, 5) is 20.5. The zero-order chi connectivity index (χ0) is 24.3. The summed E-state index contributed by atoms with van der Waals surface area (Å²) < 4.78 is 59.2. The second-order valence-corrected chi connectivity index (χ2v) is 8.93. The van der Waals surface area contributed by atoms with Crippen LogP contribution in [0.25, 0.3) is 0 Å². The first-order valence-electron chi connectivity index (χ1n) is 10.6. The molecule has 1 saturated carbocycles. The Morgan fingerprint density at radius 2 is 2.00 bits per heavy atom. The third kappa shape index (κ3) is 5.46. The lowest BCUT2D eigenvalue weighted by Crippen LogP contribution is -2.36. The first-order chi connectivity index (χ1) is 16.2. The molecule has 1 unspecified atom stereocenters. The van der Waals surface area contributed by atoms with Crippen molar-refractivity contribution in [2.45, 2.75) is 38.0 Å². The number of nitrogens with one attached hydrogen (secondary N) is 1. The fourth-order valence-corrected chi connectivity index (χ4v) is 4.78. The van der Waals surface area contributed by atoms with Gasteiger partial charge >= 0.3 is 12.1 Å². The van der Waals surface area contributed by atoms with Gasteiger partial charge in [-0.25, -0.2) is 9.37 Å². The smallest absolute Gasteiger partial charge is 0.419 e. The molecule has 180 valence electrons. The summed E-state index contributed by atoms with van der Waals surface area (Å²) in [5.74, 6) is -4.00. The molecule has 1 aliphatic carbocycles. The van der Waals surface area contributed by atoms with Crippen LogP contribution < -0.4 is 10.1 Å². The maximum absolute atomic E-state index is 14.4. The van der Waals surface area contributed by atoms with E-state index < -0.39 is 47.2 Å². The number of nitrogens with zero attached hydrogens (tertiary/aromatic N) is 2. The zero-order valence-electron chi connectivity index (χ0n) is 17.8. The molecule has 0 bridgehead atoms. The molecule has 0 spiro atoms. The van der Waals surface area contributed by atoms with Gasteiger partial charge in [0, 0.05) is 17.8 Å². The number of carbonyl (C=O) groups is 1. The third-order valence-corrected chi connectivity index (χ3v) is 6.52. The standard InChI is InChI=1S/C23H21F4N3O3S/c24-20-16(23(25,26)27)3-1-5-19(20)33-14-6-7-15(21(31)32)13(11-14)12-18-17(4-2-8-28-18)30-22-29-9-10-34-22/h1-5,8-10,13-15H,6-7,11-12H2,(H,29,30)(H,31,32)/t13?,14-,15-/m0/s1. The van der Waals surface area contributed by atoms with Crippen molar-refractivity contribution < 1.29 is 32.2 Å². The van der Waals surface area contributed by atoms with Gasteiger partial charge in [0.15, 0.2) is 16.7 Å². The number of carboxylic acids is 1. The van der Waals surface area contributed by atoms with Crippen molar-refractivity contribution in [1.29, 1.82) is 0 Å². The molecule has 1 aromatic carbocycles. The van der Waals surface area contributed by atoms with E-state index in [2.05, 4.69) is 15.3 Å². The zero-order valence-corrected chi connectivity index (χ0v) is 18.6. The molecule has 2 N–H and O–H groups in total. The van der Waals surface area contributed by atoms with Gasteiger partial charge in [-0.2, -0.15) is 13.2 Å². The molecule has 34 heavy (non-hydrogen) atoms. The fourth-order valence-electron chi connectivity index (χ4n) is 4.24. The highest BCUT2D eigenvalue weighted by molar-refractivity contribution is 7.13. The number of pyridine rings is 1. The minimum Gasteiger partial charge on any atom is -0.487 e. The van der Waals surface area contributed by atoms with E-state index in [4.69, 9.17) is 4.74 Å². The van der Waals surface area contributed by atoms with Crippen LogP contribution in [-0.4, -0.2) is 27.1 Å². The van der Waals surface area contributed by atoms with Gasteiger partial charge in [0.05, 0.1) is 29.0 Å². The summed E-state index contributed by atoms with van der Waals surface area (Å²) in [7, 11) is 0. The molecule has 6 nitrogen and oxygen atoms in total. The quantitative estimate of drug-likeness (QED) is 0.395. The van der Waals surface area contributed by atoms with E-state index in [0.717, 1.165) is 12.1 Å². The summed E-state index contributed by atoms with van der Waals surface area (Å²) in [6.45, 7) is 0. The van der Waals surface area contributed by atoms with E-state index in [1.54, 1.807) is 18.5 Å². The van der Waals surface area contributed by atoms with Gasteiger partial charge in [-0.15, -0.1) is 11.3 Å². The van der Waals surface area contributed by atoms with Crippen LogP contribution in [-0.2, 0) is 17.4 Å². The molecule has 0 saturated heterocycles. The number of aromatic nitrogens is 2. The Bertz CT molecular complexity index is 1140. The molecule has 11 heteroatoms. The second kappa shape index (κ2) is 9.96. The highest BCUT2D eigenvalue weighted by Crippen LogP contribution is 2.39. The Hall–Kier alpha value is -3.21. The van der Waals surface area contributed by atoms with Crippen molar-refractivity contribution in [3.63, 3.8) is 0 Å². The number of rotatable bonds is 7. The Labute approximate surface area is 196 Å². The van der Waals surface area contributed by atoms with Crippen LogP contribution >= 0.6 is 11.3 Å². The minimum absolute atomic E-state index is 0.236. The topological polar surface area (TPSA) is 84.3 Å². The van der Waals surface area contributed by atoms with E-state index in [9.17, 15) is 27.5 Å². The number of benzene rings is 1. The second-order valence-electron chi connectivity index (χ2n) is 8.04. The summed E-state index contributed by atoms with van der Waals surface area (Å²) in [5, 5.41) is 15.4. The molecule has 2 heterocycles. The predicted molar refractivity (Wildman–Crippen MR) is 118 cm³/mol. The number of ether oxygens (including phenoxy) is 1. The molecule has 0 aliphatic heterocycles. The van der Waals surface area contributed by atoms with Crippen molar-refractivity contribution in [1.82, 2.24) is 9.97 Å². The van der Waals surface area contributed by atoms with Crippen LogP contribution in [0, 0.1) is 17.7 Å². The fraction of sp³-hybridized carbons (Fsp3) is 0.348. The molecule has 1 fully saturated rings. The molecule has 4 rings (SSSR count). The maximum Gasteiger partial charge on any atom is 0.419 e. The largest absolute Gasteiger partial charge is 0.487 e. The number of anilines is 2. The molecular formula is C23H21F4N3O3S. The molecule has 3 aromatic rings. The van der Waals surface area contributed by atoms with E-state index in [1.807, 2.05) is 11.4 Å². The number of halogens is 4. The van der Waals surface area contributed by atoms with E-state index in [0.29, 0.717) is 29.0 Å². The summed E-state index contributed by atoms with van der Waals surface area (Å²) in [6.07, 6.45) is -1.13. The van der Waals surface area contributed by atoms with Crippen LogP contribution in [0.2, 0.25) is 0 Å². The van der Waals surface area contributed by atoms with Crippen LogP contribution in [0.5, 0.6) is 5.75 Å². The average Bonchev–Trinajstić information content (AvgIpc) is 3.29. The first-order valence-corrected chi connectivity index (χ1v) is 11.5. The highest BCUT2D eigenvalue weighted by Gasteiger charge is 2.38. The van der Waals surface area contributed by atoms with E-state index >= 15 is 0 Å². The molecule has 0 radical (unpaired) electrons. The SMILES string of the molecule is O=C(O)[C@H]1CC[C@H](Oc2cccc(C(F)(F)F)c2F)CC1Cc1ncccc1Nc1nccs1. The Balaban J connectivity index is 1.53. The molecular weight excluding hydrogens is 474 g/mol. The van der Waals surface area contributed by atoms with Crippen LogP contribution in [0.4, 0.5) is 28.4 Å². The number of carboxylic acid groups (broad SMARTS) is 1. The van der Waals surface area contributed by atoms with Gasteiger partial charge in [0.2, 0.25) is 0 Å². The average molecular weight is 495 g/mol. The summed E-state index contributed by atoms with van der Waals surface area (Å²) in [6, 6.07) is 6.46. The lowest BCUT2D eigenvalue weighted by atomic mass is 9.75. The Kier molecular flexibility index (Phi) is 7.01. The molecule has 2 aromatic heterocycles. The van der Waals surface area contributed by atoms with Gasteiger partial charge in [0.1, 0.15) is 0 Å². The van der Waals surface area contributed by atoms with Gasteiger partial charge in [0.25, 0.3) is 0 Å². The van der Waals surface area contributed by atoms with Crippen LogP contribution in [0.3, 0.4) is 0 Å². The van der Waals surface area contributed by atoms with Crippen molar-refractivity contribution in [3.8, 4) is 5.75 Å². The van der Waals surface area contributed by atoms with Crippen molar-refractivity contribution >= 4 is 28.1 Å². The minimum atomic E-state index is -4.84. The third-order valence-electron chi connectivity index (χ3n) is 5.83. The van der Waals surface area contributed by atoms with E-state index in [1.165, 1.54) is 11.3 Å². The van der Waals surface area contributed by atoms with Crippen molar-refractivity contribution in [2.24, 2.45) is 11.8 Å². The normalized spacial score (nSPS) is 20.6. The lowest BCUT2D eigenvalue weighted by molar-refractivity contribution is -0.146. The number of hydrogen-bond acceptors (Lipinski definition) is 6. The van der Waals surface area contributed by atoms with Crippen molar-refractivity contribution in [2.75, 3.05) is 5.32 Å². The highest BCUT2D eigenvalue weighted by atomic mass is 32.1. The van der Waals surface area contributed by atoms with Crippen LogP contribution in [0.15, 0.2) is 48.1 Å². The maximum atomic E-state index is 14.4. The summed E-state index contributed by atoms with van der Waals surface area (Å²) >= 11 is 1.40. The number of alkyl halides is 3. The Morgan fingerprint density at radius 3 is 2.71 bits per heavy atom. The number of thiazole rings is 1. The van der Waals surface area contributed by atoms with Gasteiger partial charge < -0.3 is 15.2 Å².